The molecule has 1 heterocycles. The molecule has 184 valence electrons. The van der Waals surface area contributed by atoms with E-state index in [4.69, 9.17) is 16.3 Å². The molecule has 3 fully saturated rings. The Hall–Kier alpha value is -1.22. The van der Waals surface area contributed by atoms with Gasteiger partial charge >= 0.3 is 0 Å². The topological polar surface area (TPSA) is 69.9 Å². The van der Waals surface area contributed by atoms with E-state index in [1.165, 1.54) is 11.8 Å². The van der Waals surface area contributed by atoms with E-state index in [0.29, 0.717) is 23.4 Å². The molecule has 7 atom stereocenters. The van der Waals surface area contributed by atoms with Crippen molar-refractivity contribution in [1.82, 2.24) is 0 Å². The largest absolute Gasteiger partial charge is 0.387 e. The smallest absolute Gasteiger partial charge is 0.248 e. The average molecular weight is 511 g/mol. The van der Waals surface area contributed by atoms with Gasteiger partial charge in [0.1, 0.15) is 29.9 Å². The van der Waals surface area contributed by atoms with Gasteiger partial charge in [-0.2, -0.15) is 0 Å². The maximum atomic E-state index is 13.7. The van der Waals surface area contributed by atoms with Crippen molar-refractivity contribution in [1.29, 1.82) is 0 Å². The summed E-state index contributed by atoms with van der Waals surface area (Å²) in [5.74, 6) is -2.44. The summed E-state index contributed by atoms with van der Waals surface area (Å²) >= 11 is 7.74. The lowest BCUT2D eigenvalue weighted by Gasteiger charge is -2.40. The zero-order valence-electron chi connectivity index (χ0n) is 18.8. The van der Waals surface area contributed by atoms with Gasteiger partial charge in [0, 0.05) is 17.9 Å². The molecular formula is C26H29ClF2O4S. The number of hydrogen-bond donors (Lipinski definition) is 3. The average Bonchev–Trinajstić information content (AvgIpc) is 3.53. The molecule has 1 saturated heterocycles. The van der Waals surface area contributed by atoms with Crippen molar-refractivity contribution in [3.63, 3.8) is 0 Å². The normalized spacial score (nSPS) is 36.7. The molecule has 3 N–H and O–H groups in total. The van der Waals surface area contributed by atoms with Crippen LogP contribution < -0.4 is 0 Å². The third-order valence-corrected chi connectivity index (χ3v) is 9.06. The molecule has 2 aromatic carbocycles. The van der Waals surface area contributed by atoms with Crippen molar-refractivity contribution in [2.45, 2.75) is 73.3 Å². The standard InChI is InChI=1S/C26H29ClF2O4S/c1-34-24-22(32)20(30)21(31)23(33-24)15-4-7-19(27)16(11-15)10-14-2-5-17(6-3-14)25-8-9-26(28,29)13-18(25)12-25/h2-7,11,18,20-24,30-32H,8-10,12-13H2,1H3/t18?,20-,21-,22+,23?,24-,25?/m1/s1. The van der Waals surface area contributed by atoms with Crippen LogP contribution in [0.4, 0.5) is 8.78 Å². The van der Waals surface area contributed by atoms with Gasteiger partial charge in [-0.1, -0.05) is 48.0 Å². The number of benzene rings is 2. The highest BCUT2D eigenvalue weighted by molar-refractivity contribution is 7.99. The molecule has 8 heteroatoms. The van der Waals surface area contributed by atoms with Gasteiger partial charge in [0.2, 0.25) is 5.92 Å². The number of thioether (sulfide) groups is 1. The van der Waals surface area contributed by atoms with E-state index in [9.17, 15) is 24.1 Å². The fourth-order valence-corrected chi connectivity index (χ4v) is 6.58. The number of rotatable bonds is 5. The van der Waals surface area contributed by atoms with Gasteiger partial charge in [0.25, 0.3) is 0 Å². The molecule has 2 aliphatic carbocycles. The van der Waals surface area contributed by atoms with E-state index in [1.807, 2.05) is 18.2 Å². The Morgan fingerprint density at radius 1 is 1.00 bits per heavy atom. The van der Waals surface area contributed by atoms with E-state index in [0.717, 1.165) is 23.1 Å². The maximum Gasteiger partial charge on any atom is 0.248 e. The Labute approximate surface area is 207 Å². The number of alkyl halides is 2. The first-order valence-electron chi connectivity index (χ1n) is 11.6. The van der Waals surface area contributed by atoms with Crippen molar-refractivity contribution in [3.05, 3.63) is 69.7 Å². The van der Waals surface area contributed by atoms with Crippen molar-refractivity contribution in [3.8, 4) is 0 Å². The van der Waals surface area contributed by atoms with Gasteiger partial charge in [-0.15, -0.1) is 11.8 Å². The Morgan fingerprint density at radius 3 is 2.41 bits per heavy atom. The molecule has 2 aromatic rings. The van der Waals surface area contributed by atoms with Crippen LogP contribution in [0.5, 0.6) is 0 Å². The molecule has 3 unspecified atom stereocenters. The molecule has 0 spiro atoms. The van der Waals surface area contributed by atoms with Gasteiger partial charge in [0.05, 0.1) is 0 Å². The predicted molar refractivity (Wildman–Crippen MR) is 128 cm³/mol. The van der Waals surface area contributed by atoms with Gasteiger partial charge in [0.15, 0.2) is 0 Å². The van der Waals surface area contributed by atoms with Crippen LogP contribution in [0.1, 0.15) is 54.0 Å². The summed E-state index contributed by atoms with van der Waals surface area (Å²) in [5, 5.41) is 31.5. The molecule has 3 aliphatic rings. The maximum absolute atomic E-state index is 13.7. The zero-order chi connectivity index (χ0) is 24.3. The van der Waals surface area contributed by atoms with E-state index < -0.39 is 35.8 Å². The van der Waals surface area contributed by atoms with Crippen molar-refractivity contribution in [2.75, 3.05) is 6.26 Å². The molecule has 4 nitrogen and oxygen atoms in total. The van der Waals surface area contributed by atoms with Gasteiger partial charge in [-0.05, 0) is 65.2 Å². The minimum atomic E-state index is -2.52. The first-order chi connectivity index (χ1) is 16.1. The molecule has 34 heavy (non-hydrogen) atoms. The molecule has 5 rings (SSSR count). The Kier molecular flexibility index (Phi) is 6.49. The third kappa shape index (κ3) is 4.40. The number of aliphatic hydroxyl groups is 3. The lowest BCUT2D eigenvalue weighted by Crippen LogP contribution is -2.52. The highest BCUT2D eigenvalue weighted by Gasteiger charge is 2.61. The fourth-order valence-electron chi connectivity index (χ4n) is 5.72. The van der Waals surface area contributed by atoms with Crippen LogP contribution in [-0.4, -0.2) is 51.2 Å². The molecule has 0 amide bonds. The highest BCUT2D eigenvalue weighted by Crippen LogP contribution is 2.65. The van der Waals surface area contributed by atoms with Crippen LogP contribution in [0.3, 0.4) is 0 Å². The third-order valence-electron chi connectivity index (χ3n) is 7.84. The lowest BCUT2D eigenvalue weighted by atomic mass is 9.81. The summed E-state index contributed by atoms with van der Waals surface area (Å²) < 4.78 is 33.3. The minimum Gasteiger partial charge on any atom is -0.387 e. The van der Waals surface area contributed by atoms with Crippen LogP contribution >= 0.6 is 23.4 Å². The highest BCUT2D eigenvalue weighted by atomic mass is 35.5. The van der Waals surface area contributed by atoms with Crippen molar-refractivity contribution in [2.24, 2.45) is 5.92 Å². The van der Waals surface area contributed by atoms with Crippen LogP contribution in [0.2, 0.25) is 5.02 Å². The van der Waals surface area contributed by atoms with Gasteiger partial charge in [-0.3, -0.25) is 0 Å². The number of hydrogen-bond acceptors (Lipinski definition) is 5. The quantitative estimate of drug-likeness (QED) is 0.536. The Bertz CT molecular complexity index is 1050. The Morgan fingerprint density at radius 2 is 1.74 bits per heavy atom. The summed E-state index contributed by atoms with van der Waals surface area (Å²) in [6.07, 6.45) is -0.862. The summed E-state index contributed by atoms with van der Waals surface area (Å²) in [6, 6.07) is 13.6. The minimum absolute atomic E-state index is 0.00460. The molecule has 2 saturated carbocycles. The SMILES string of the molecule is CS[C@H]1OC(c2ccc(Cl)c(Cc3ccc(C45CCC(F)(F)CC4C5)cc3)c2)[C@H](O)[C@@H](O)[C@@H]1O. The molecule has 0 bridgehead atoms. The summed E-state index contributed by atoms with van der Waals surface area (Å²) in [5.41, 5.74) is 2.98. The van der Waals surface area contributed by atoms with Crippen LogP contribution in [-0.2, 0) is 16.6 Å². The summed E-state index contributed by atoms with van der Waals surface area (Å²) in [4.78, 5) is 0. The fraction of sp³-hybridized carbons (Fsp3) is 0.538. The molecule has 1 aliphatic heterocycles. The lowest BCUT2D eigenvalue weighted by molar-refractivity contribution is -0.200. The first-order valence-corrected chi connectivity index (χ1v) is 13.3. The number of halogens is 3. The van der Waals surface area contributed by atoms with E-state index >= 15 is 0 Å². The molecule has 0 aromatic heterocycles. The second-order valence-corrected chi connectivity index (χ2v) is 11.3. The second kappa shape index (κ2) is 9.02. The van der Waals surface area contributed by atoms with Crippen LogP contribution in [0.25, 0.3) is 0 Å². The van der Waals surface area contributed by atoms with Crippen molar-refractivity contribution >= 4 is 23.4 Å². The second-order valence-electron chi connectivity index (χ2n) is 9.97. The monoisotopic (exact) mass is 510 g/mol. The van der Waals surface area contributed by atoms with Crippen LogP contribution in [0, 0.1) is 5.92 Å². The number of ether oxygens (including phenoxy) is 1. The predicted octanol–water partition coefficient (Wildman–Crippen LogP) is 4.85. The summed E-state index contributed by atoms with van der Waals surface area (Å²) in [7, 11) is 0. The van der Waals surface area contributed by atoms with E-state index in [2.05, 4.69) is 12.1 Å². The molecular weight excluding hydrogens is 482 g/mol. The first kappa shape index (κ1) is 24.5. The Balaban J connectivity index is 1.32. The molecule has 0 radical (unpaired) electrons. The van der Waals surface area contributed by atoms with E-state index in [-0.39, 0.29) is 24.2 Å². The van der Waals surface area contributed by atoms with Gasteiger partial charge in [-0.25, -0.2) is 8.78 Å². The van der Waals surface area contributed by atoms with Crippen molar-refractivity contribution < 1.29 is 28.8 Å². The van der Waals surface area contributed by atoms with Crippen LogP contribution in [0.15, 0.2) is 42.5 Å². The number of fused-ring (bicyclic) bond motifs is 1. The van der Waals surface area contributed by atoms with Gasteiger partial charge < -0.3 is 20.1 Å². The summed E-state index contributed by atoms with van der Waals surface area (Å²) in [6.45, 7) is 0. The van der Waals surface area contributed by atoms with E-state index in [1.54, 1.807) is 18.4 Å². The zero-order valence-corrected chi connectivity index (χ0v) is 20.4. The number of aliphatic hydroxyl groups excluding tert-OH is 3.